The van der Waals surface area contributed by atoms with Crippen LogP contribution in [0.5, 0.6) is 5.75 Å². The summed E-state index contributed by atoms with van der Waals surface area (Å²) in [6.07, 6.45) is 5.35. The minimum absolute atomic E-state index is 0.0837. The van der Waals surface area contributed by atoms with Crippen molar-refractivity contribution in [1.29, 1.82) is 0 Å². The minimum atomic E-state index is -0.280. The van der Waals surface area contributed by atoms with Crippen molar-refractivity contribution >= 4 is 0 Å². The van der Waals surface area contributed by atoms with E-state index >= 15 is 0 Å². The predicted molar refractivity (Wildman–Crippen MR) is 116 cm³/mol. The highest BCUT2D eigenvalue weighted by Gasteiger charge is 2.06. The Labute approximate surface area is 181 Å². The van der Waals surface area contributed by atoms with Crippen molar-refractivity contribution < 1.29 is 19.5 Å². The quantitative estimate of drug-likeness (QED) is 0.317. The van der Waals surface area contributed by atoms with Crippen LogP contribution in [0.25, 0.3) is 0 Å². The van der Waals surface area contributed by atoms with Crippen molar-refractivity contribution in [2.75, 3.05) is 26.4 Å². The second kappa shape index (κ2) is 11.9. The number of rotatable bonds is 11. The van der Waals surface area contributed by atoms with Gasteiger partial charge in [-0.1, -0.05) is 18.0 Å². The van der Waals surface area contributed by atoms with Crippen LogP contribution >= 0.6 is 0 Å². The third-order valence-corrected chi connectivity index (χ3v) is 4.66. The van der Waals surface area contributed by atoms with Crippen molar-refractivity contribution in [1.82, 2.24) is 20.0 Å². The molecule has 0 unspecified atom stereocenters. The second-order valence-corrected chi connectivity index (χ2v) is 7.00. The van der Waals surface area contributed by atoms with Crippen LogP contribution in [0.15, 0.2) is 47.2 Å². The molecule has 0 atom stereocenters. The first kappa shape index (κ1) is 22.6. The molecule has 3 aromatic rings. The van der Waals surface area contributed by atoms with Crippen molar-refractivity contribution in [2.24, 2.45) is 0 Å². The van der Waals surface area contributed by atoms with Crippen LogP contribution in [0.2, 0.25) is 0 Å². The average molecular weight is 425 g/mol. The molecular weight excluding hydrogens is 396 g/mol. The van der Waals surface area contributed by atoms with Gasteiger partial charge >= 0.3 is 0 Å². The number of nitrogens with zero attached hydrogens (tertiary/aromatic N) is 3. The van der Waals surface area contributed by atoms with E-state index in [1.807, 2.05) is 41.1 Å². The van der Waals surface area contributed by atoms with E-state index in [1.165, 1.54) is 0 Å². The molecule has 0 aliphatic carbocycles. The van der Waals surface area contributed by atoms with E-state index in [4.69, 9.17) is 19.5 Å². The number of hydrogen-bond donors (Lipinski definition) is 3. The van der Waals surface area contributed by atoms with E-state index in [9.17, 15) is 0 Å². The molecule has 1 aromatic carbocycles. The van der Waals surface area contributed by atoms with Gasteiger partial charge in [0.05, 0.1) is 32.4 Å². The first-order valence-corrected chi connectivity index (χ1v) is 10.4. The van der Waals surface area contributed by atoms with Gasteiger partial charge in [0.15, 0.2) is 0 Å². The number of ether oxygens (including phenoxy) is 1. The first-order chi connectivity index (χ1) is 15.2. The molecule has 0 amide bonds. The van der Waals surface area contributed by atoms with Gasteiger partial charge in [-0.25, -0.2) is 4.98 Å². The summed E-state index contributed by atoms with van der Waals surface area (Å²) < 4.78 is 13.1. The highest BCUT2D eigenvalue weighted by molar-refractivity contribution is 5.41. The Morgan fingerprint density at radius 1 is 1.19 bits per heavy atom. The zero-order chi connectivity index (χ0) is 21.9. The summed E-state index contributed by atoms with van der Waals surface area (Å²) in [4.78, 5) is 4.31. The molecule has 2 heterocycles. The van der Waals surface area contributed by atoms with Crippen LogP contribution in [0.1, 0.15) is 36.2 Å². The van der Waals surface area contributed by atoms with Crippen LogP contribution in [0, 0.1) is 11.8 Å². The Morgan fingerprint density at radius 2 is 2.00 bits per heavy atom. The third kappa shape index (κ3) is 6.96. The van der Waals surface area contributed by atoms with Crippen molar-refractivity contribution in [3.8, 4) is 17.6 Å². The molecule has 0 saturated heterocycles. The molecule has 0 radical (unpaired) electrons. The molecule has 0 fully saturated rings. The fourth-order valence-electron chi connectivity index (χ4n) is 2.94. The lowest BCUT2D eigenvalue weighted by atomic mass is 10.2. The van der Waals surface area contributed by atoms with E-state index in [1.54, 1.807) is 6.20 Å². The minimum Gasteiger partial charge on any atom is -0.494 e. The highest BCUT2D eigenvalue weighted by atomic mass is 16.5. The van der Waals surface area contributed by atoms with Gasteiger partial charge < -0.3 is 29.4 Å². The molecule has 3 rings (SSSR count). The number of aromatic nitrogens is 3. The zero-order valence-corrected chi connectivity index (χ0v) is 17.6. The van der Waals surface area contributed by atoms with Crippen LogP contribution < -0.4 is 10.1 Å². The van der Waals surface area contributed by atoms with Crippen molar-refractivity contribution in [2.45, 2.75) is 32.4 Å². The Kier molecular flexibility index (Phi) is 8.67. The molecule has 164 valence electrons. The van der Waals surface area contributed by atoms with Crippen molar-refractivity contribution in [3.05, 3.63) is 65.6 Å². The number of imidazole rings is 1. The summed E-state index contributed by atoms with van der Waals surface area (Å²) in [6, 6.07) is 9.10. The number of hydrogen-bond acceptors (Lipinski definition) is 7. The predicted octanol–water partition coefficient (Wildman–Crippen LogP) is 1.59. The fourth-order valence-corrected chi connectivity index (χ4v) is 2.94. The molecule has 0 bridgehead atoms. The SMILES string of the molecule is CCc1nccn1Cc1cc(C#Cc2ccc(OCCCNC(CO)CO)cc2)on1. The van der Waals surface area contributed by atoms with Gasteiger partial charge in [-0.05, 0) is 43.2 Å². The lowest BCUT2D eigenvalue weighted by Gasteiger charge is -2.13. The summed E-state index contributed by atoms with van der Waals surface area (Å²) in [5.41, 5.74) is 1.66. The van der Waals surface area contributed by atoms with E-state index in [2.05, 4.69) is 34.2 Å². The standard InChI is InChI=1S/C23H28N4O4/c1-2-23-25-11-12-27(23)15-19-14-22(31-26-19)9-6-18-4-7-21(8-5-18)30-13-3-10-24-20(16-28)17-29/h4-5,7-8,11-12,14,20,24,28-29H,2-3,10,13,15-17H2,1H3. The summed E-state index contributed by atoms with van der Waals surface area (Å²) in [7, 11) is 0. The van der Waals surface area contributed by atoms with Gasteiger partial charge in [-0.3, -0.25) is 0 Å². The maximum absolute atomic E-state index is 9.00. The molecule has 31 heavy (non-hydrogen) atoms. The first-order valence-electron chi connectivity index (χ1n) is 10.4. The Hall–Kier alpha value is -3.12. The molecular formula is C23H28N4O4. The van der Waals surface area contributed by atoms with Crippen LogP contribution in [0.4, 0.5) is 0 Å². The van der Waals surface area contributed by atoms with Gasteiger partial charge in [0.1, 0.15) is 17.3 Å². The van der Waals surface area contributed by atoms with Gasteiger partial charge in [-0.15, -0.1) is 0 Å². The largest absolute Gasteiger partial charge is 0.494 e. The molecule has 8 heteroatoms. The van der Waals surface area contributed by atoms with Gasteiger partial charge in [0, 0.05) is 30.4 Å². The maximum atomic E-state index is 9.00. The number of aryl methyl sites for hydroxylation is 1. The molecule has 0 spiro atoms. The Balaban J connectivity index is 1.46. The van der Waals surface area contributed by atoms with E-state index < -0.39 is 0 Å². The molecule has 3 N–H and O–H groups in total. The fraction of sp³-hybridized carbons (Fsp3) is 0.391. The summed E-state index contributed by atoms with van der Waals surface area (Å²) in [6.45, 7) is 3.71. The van der Waals surface area contributed by atoms with E-state index in [-0.39, 0.29) is 19.3 Å². The Bertz CT molecular complexity index is 981. The zero-order valence-electron chi connectivity index (χ0n) is 17.6. The normalized spacial score (nSPS) is 10.8. The number of nitrogens with one attached hydrogen (secondary N) is 1. The molecule has 0 aliphatic heterocycles. The smallest absolute Gasteiger partial charge is 0.210 e. The topological polar surface area (TPSA) is 106 Å². The third-order valence-electron chi connectivity index (χ3n) is 4.66. The van der Waals surface area contributed by atoms with Gasteiger partial charge in [-0.2, -0.15) is 0 Å². The molecule has 0 aliphatic rings. The van der Waals surface area contributed by atoms with E-state index in [0.717, 1.165) is 35.7 Å². The highest BCUT2D eigenvalue weighted by Crippen LogP contribution is 2.12. The van der Waals surface area contributed by atoms with E-state index in [0.29, 0.717) is 25.5 Å². The molecule has 2 aromatic heterocycles. The second-order valence-electron chi connectivity index (χ2n) is 7.00. The lowest BCUT2D eigenvalue weighted by Crippen LogP contribution is -2.36. The molecule has 8 nitrogen and oxygen atoms in total. The van der Waals surface area contributed by atoms with Crippen LogP contribution in [0.3, 0.4) is 0 Å². The van der Waals surface area contributed by atoms with Crippen LogP contribution in [-0.4, -0.2) is 57.3 Å². The van der Waals surface area contributed by atoms with Gasteiger partial charge in [0.25, 0.3) is 0 Å². The summed E-state index contributed by atoms with van der Waals surface area (Å²) in [5.74, 6) is 8.36. The van der Waals surface area contributed by atoms with Crippen molar-refractivity contribution in [3.63, 3.8) is 0 Å². The Morgan fingerprint density at radius 3 is 2.74 bits per heavy atom. The summed E-state index contributed by atoms with van der Waals surface area (Å²) >= 11 is 0. The van der Waals surface area contributed by atoms with Gasteiger partial charge in [0.2, 0.25) is 5.76 Å². The molecule has 0 saturated carbocycles. The lowest BCUT2D eigenvalue weighted by molar-refractivity contribution is 0.169. The number of aliphatic hydroxyl groups is 2. The summed E-state index contributed by atoms with van der Waals surface area (Å²) in [5, 5.41) is 25.1. The average Bonchev–Trinajstić information content (AvgIpc) is 3.45. The maximum Gasteiger partial charge on any atom is 0.210 e. The monoisotopic (exact) mass is 424 g/mol. The van der Waals surface area contributed by atoms with Crippen LogP contribution in [-0.2, 0) is 13.0 Å². The number of aliphatic hydroxyl groups excluding tert-OH is 2. The number of benzene rings is 1.